The standard InChI is InChI=1S/C18H23NOS/c1-3-19-18(17-12-8-7-9-15(17)2)14-21(20)13-16-10-5-4-6-11-16/h4-12,18-19H,3,13-14H2,1-2H3. The van der Waals surface area contributed by atoms with Gasteiger partial charge in [-0.05, 0) is 30.2 Å². The summed E-state index contributed by atoms with van der Waals surface area (Å²) < 4.78 is 12.5. The molecule has 0 heterocycles. The highest BCUT2D eigenvalue weighted by Gasteiger charge is 2.15. The fourth-order valence-corrected chi connectivity index (χ4v) is 3.84. The second-order valence-electron chi connectivity index (χ2n) is 5.20. The molecule has 0 aromatic heterocycles. The van der Waals surface area contributed by atoms with Crippen LogP contribution in [0.4, 0.5) is 0 Å². The molecule has 0 aliphatic heterocycles. The number of aryl methyl sites for hydroxylation is 1. The first-order valence-electron chi connectivity index (χ1n) is 7.38. The first kappa shape index (κ1) is 15.9. The van der Waals surface area contributed by atoms with Gasteiger partial charge >= 0.3 is 0 Å². The van der Waals surface area contributed by atoms with E-state index < -0.39 is 10.8 Å². The summed E-state index contributed by atoms with van der Waals surface area (Å²) in [4.78, 5) is 0. The van der Waals surface area contributed by atoms with Crippen molar-refractivity contribution in [1.82, 2.24) is 5.32 Å². The highest BCUT2D eigenvalue weighted by molar-refractivity contribution is 7.84. The molecule has 112 valence electrons. The van der Waals surface area contributed by atoms with Gasteiger partial charge in [-0.1, -0.05) is 61.5 Å². The second kappa shape index (κ2) is 8.11. The molecule has 0 bridgehead atoms. The van der Waals surface area contributed by atoms with E-state index in [0.717, 1.165) is 12.1 Å². The van der Waals surface area contributed by atoms with Crippen molar-refractivity contribution >= 4 is 10.8 Å². The first-order chi connectivity index (χ1) is 10.2. The van der Waals surface area contributed by atoms with Crippen LogP contribution in [0.3, 0.4) is 0 Å². The lowest BCUT2D eigenvalue weighted by molar-refractivity contribution is 0.591. The molecule has 2 aromatic carbocycles. The van der Waals surface area contributed by atoms with E-state index >= 15 is 0 Å². The summed E-state index contributed by atoms with van der Waals surface area (Å²) >= 11 is 0. The predicted octanol–water partition coefficient (Wildman–Crippen LogP) is 3.59. The van der Waals surface area contributed by atoms with Crippen LogP contribution in [0.25, 0.3) is 0 Å². The normalized spacial score (nSPS) is 13.8. The molecule has 2 aromatic rings. The van der Waals surface area contributed by atoms with Crippen molar-refractivity contribution in [2.75, 3.05) is 12.3 Å². The Kier molecular flexibility index (Phi) is 6.15. The Hall–Kier alpha value is -1.45. The third-order valence-electron chi connectivity index (χ3n) is 3.54. The molecule has 0 saturated heterocycles. The summed E-state index contributed by atoms with van der Waals surface area (Å²) in [5.74, 6) is 1.27. The van der Waals surface area contributed by atoms with Gasteiger partial charge in [0, 0.05) is 28.3 Å². The number of rotatable bonds is 7. The summed E-state index contributed by atoms with van der Waals surface area (Å²) in [6.07, 6.45) is 0. The average Bonchev–Trinajstić information content (AvgIpc) is 2.48. The smallest absolute Gasteiger partial charge is 0.0486 e. The molecule has 0 saturated carbocycles. The fourth-order valence-electron chi connectivity index (χ4n) is 2.49. The van der Waals surface area contributed by atoms with Crippen molar-refractivity contribution in [3.63, 3.8) is 0 Å². The quantitative estimate of drug-likeness (QED) is 0.846. The molecular weight excluding hydrogens is 278 g/mol. The van der Waals surface area contributed by atoms with Gasteiger partial charge in [0.25, 0.3) is 0 Å². The maximum Gasteiger partial charge on any atom is 0.0486 e. The lowest BCUT2D eigenvalue weighted by Crippen LogP contribution is -2.27. The Bertz CT molecular complexity index is 583. The Balaban J connectivity index is 2.06. The number of nitrogens with one attached hydrogen (secondary N) is 1. The molecule has 1 N–H and O–H groups in total. The first-order valence-corrected chi connectivity index (χ1v) is 8.87. The van der Waals surface area contributed by atoms with Crippen molar-refractivity contribution in [2.45, 2.75) is 25.6 Å². The lowest BCUT2D eigenvalue weighted by atomic mass is 10.0. The SMILES string of the molecule is CCNC(CS(=O)Cc1ccccc1)c1ccccc1C. The molecule has 0 aliphatic carbocycles. The molecule has 21 heavy (non-hydrogen) atoms. The van der Waals surface area contributed by atoms with E-state index in [1.807, 2.05) is 42.5 Å². The summed E-state index contributed by atoms with van der Waals surface area (Å²) in [6.45, 7) is 5.08. The zero-order chi connectivity index (χ0) is 15.1. The van der Waals surface area contributed by atoms with Gasteiger partial charge in [0.15, 0.2) is 0 Å². The van der Waals surface area contributed by atoms with Gasteiger partial charge in [0.05, 0.1) is 0 Å². The fraction of sp³-hybridized carbons (Fsp3) is 0.333. The van der Waals surface area contributed by atoms with Gasteiger partial charge in [-0.2, -0.15) is 0 Å². The Morgan fingerprint density at radius 3 is 2.38 bits per heavy atom. The van der Waals surface area contributed by atoms with E-state index in [2.05, 4.69) is 31.3 Å². The van der Waals surface area contributed by atoms with Gasteiger partial charge < -0.3 is 5.32 Å². The molecule has 2 unspecified atom stereocenters. The van der Waals surface area contributed by atoms with Gasteiger partial charge in [-0.3, -0.25) is 4.21 Å². The molecule has 3 heteroatoms. The molecule has 2 rings (SSSR count). The lowest BCUT2D eigenvalue weighted by Gasteiger charge is -2.20. The highest BCUT2D eigenvalue weighted by Crippen LogP contribution is 2.19. The van der Waals surface area contributed by atoms with E-state index in [0.29, 0.717) is 11.5 Å². The van der Waals surface area contributed by atoms with Crippen molar-refractivity contribution in [1.29, 1.82) is 0 Å². The molecule has 0 aliphatic rings. The summed E-state index contributed by atoms with van der Waals surface area (Å²) in [5, 5.41) is 3.46. The minimum atomic E-state index is -0.874. The van der Waals surface area contributed by atoms with Crippen LogP contribution in [0.5, 0.6) is 0 Å². The average molecular weight is 301 g/mol. The van der Waals surface area contributed by atoms with Crippen LogP contribution in [-0.2, 0) is 16.6 Å². The zero-order valence-electron chi connectivity index (χ0n) is 12.7. The molecular formula is C18H23NOS. The van der Waals surface area contributed by atoms with Crippen LogP contribution in [0.15, 0.2) is 54.6 Å². The maximum absolute atomic E-state index is 12.5. The van der Waals surface area contributed by atoms with Crippen molar-refractivity contribution in [3.05, 3.63) is 71.3 Å². The number of hydrogen-bond donors (Lipinski definition) is 1. The van der Waals surface area contributed by atoms with Crippen molar-refractivity contribution in [3.8, 4) is 0 Å². The largest absolute Gasteiger partial charge is 0.309 e. The van der Waals surface area contributed by atoms with Crippen LogP contribution in [-0.4, -0.2) is 16.5 Å². The van der Waals surface area contributed by atoms with E-state index in [-0.39, 0.29) is 6.04 Å². The Morgan fingerprint density at radius 1 is 1.05 bits per heavy atom. The topological polar surface area (TPSA) is 29.1 Å². The molecule has 0 fully saturated rings. The van der Waals surface area contributed by atoms with Gasteiger partial charge in [-0.25, -0.2) is 0 Å². The number of benzene rings is 2. The van der Waals surface area contributed by atoms with Gasteiger partial charge in [0.1, 0.15) is 0 Å². The zero-order valence-corrected chi connectivity index (χ0v) is 13.5. The van der Waals surface area contributed by atoms with Crippen molar-refractivity contribution in [2.24, 2.45) is 0 Å². The molecule has 2 nitrogen and oxygen atoms in total. The minimum absolute atomic E-state index is 0.153. The van der Waals surface area contributed by atoms with E-state index in [1.54, 1.807) is 0 Å². The molecule has 0 spiro atoms. The summed E-state index contributed by atoms with van der Waals surface area (Å²) in [6, 6.07) is 18.5. The predicted molar refractivity (Wildman–Crippen MR) is 90.8 cm³/mol. The molecule has 2 atom stereocenters. The highest BCUT2D eigenvalue weighted by atomic mass is 32.2. The maximum atomic E-state index is 12.5. The van der Waals surface area contributed by atoms with Crippen LogP contribution >= 0.6 is 0 Å². The Morgan fingerprint density at radius 2 is 1.71 bits per heavy atom. The molecule has 0 amide bonds. The summed E-state index contributed by atoms with van der Waals surface area (Å²) in [7, 11) is -0.874. The van der Waals surface area contributed by atoms with E-state index in [9.17, 15) is 4.21 Å². The molecule has 0 radical (unpaired) electrons. The van der Waals surface area contributed by atoms with Crippen LogP contribution < -0.4 is 5.32 Å². The monoisotopic (exact) mass is 301 g/mol. The van der Waals surface area contributed by atoms with Gasteiger partial charge in [-0.15, -0.1) is 0 Å². The van der Waals surface area contributed by atoms with Gasteiger partial charge in [0.2, 0.25) is 0 Å². The third kappa shape index (κ3) is 4.80. The van der Waals surface area contributed by atoms with Crippen LogP contribution in [0.1, 0.15) is 29.7 Å². The van der Waals surface area contributed by atoms with Crippen LogP contribution in [0, 0.1) is 6.92 Å². The minimum Gasteiger partial charge on any atom is -0.309 e. The van der Waals surface area contributed by atoms with E-state index in [4.69, 9.17) is 0 Å². The Labute approximate surface area is 130 Å². The third-order valence-corrected chi connectivity index (χ3v) is 4.90. The van der Waals surface area contributed by atoms with E-state index in [1.165, 1.54) is 11.1 Å². The summed E-state index contributed by atoms with van der Waals surface area (Å²) in [5.41, 5.74) is 3.64. The van der Waals surface area contributed by atoms with Crippen molar-refractivity contribution < 1.29 is 4.21 Å². The number of hydrogen-bond acceptors (Lipinski definition) is 2. The van der Waals surface area contributed by atoms with Crippen LogP contribution in [0.2, 0.25) is 0 Å². The second-order valence-corrected chi connectivity index (χ2v) is 6.70.